The largest absolute Gasteiger partial charge is 0.481 e. The molecule has 2 aromatic carbocycles. The van der Waals surface area contributed by atoms with Crippen LogP contribution in [0.1, 0.15) is 56.7 Å². The zero-order valence-corrected chi connectivity index (χ0v) is 19.8. The molecule has 178 valence electrons. The number of ether oxygens (including phenoxy) is 1. The van der Waals surface area contributed by atoms with Gasteiger partial charge in [0.25, 0.3) is 0 Å². The highest BCUT2D eigenvalue weighted by Crippen LogP contribution is 2.47. The summed E-state index contributed by atoms with van der Waals surface area (Å²) in [6.45, 7) is 4.86. The molecule has 0 bridgehead atoms. The summed E-state index contributed by atoms with van der Waals surface area (Å²) >= 11 is 0. The first-order valence-electron chi connectivity index (χ1n) is 11.8. The van der Waals surface area contributed by atoms with Gasteiger partial charge in [-0.2, -0.15) is 5.10 Å². The van der Waals surface area contributed by atoms with Crippen LogP contribution in [0.3, 0.4) is 0 Å². The van der Waals surface area contributed by atoms with Crippen molar-refractivity contribution in [2.45, 2.75) is 50.9 Å². The van der Waals surface area contributed by atoms with Gasteiger partial charge >= 0.3 is 5.97 Å². The second kappa shape index (κ2) is 8.55. The van der Waals surface area contributed by atoms with Gasteiger partial charge in [0, 0.05) is 34.7 Å². The summed E-state index contributed by atoms with van der Waals surface area (Å²) in [7, 11) is 1.71. The smallest absolute Gasteiger partial charge is 0.306 e. The Morgan fingerprint density at radius 1 is 1.21 bits per heavy atom. The molecule has 0 atom stereocenters. The topological polar surface area (TPSA) is 80.1 Å². The second-order valence-electron chi connectivity index (χ2n) is 10.1. The lowest BCUT2D eigenvalue weighted by Crippen LogP contribution is -2.29. The van der Waals surface area contributed by atoms with Crippen LogP contribution >= 0.6 is 0 Å². The van der Waals surface area contributed by atoms with Crippen molar-refractivity contribution in [2.75, 3.05) is 13.7 Å². The fourth-order valence-electron chi connectivity index (χ4n) is 5.75. The van der Waals surface area contributed by atoms with Crippen LogP contribution in [0.15, 0.2) is 42.6 Å². The Kier molecular flexibility index (Phi) is 5.68. The van der Waals surface area contributed by atoms with Crippen LogP contribution in [-0.2, 0) is 14.9 Å². The zero-order chi connectivity index (χ0) is 24.0. The number of nitrogens with one attached hydrogen (secondary N) is 1. The molecule has 34 heavy (non-hydrogen) atoms. The lowest BCUT2D eigenvalue weighted by Gasteiger charge is -2.32. The predicted molar refractivity (Wildman–Crippen MR) is 130 cm³/mol. The summed E-state index contributed by atoms with van der Waals surface area (Å²) < 4.78 is 21.7. The van der Waals surface area contributed by atoms with Crippen molar-refractivity contribution in [2.24, 2.45) is 5.92 Å². The van der Waals surface area contributed by atoms with Crippen molar-refractivity contribution in [3.8, 4) is 5.69 Å². The van der Waals surface area contributed by atoms with E-state index in [0.717, 1.165) is 46.0 Å². The van der Waals surface area contributed by atoms with Crippen LogP contribution in [0.5, 0.6) is 0 Å². The van der Waals surface area contributed by atoms with Crippen LogP contribution < -0.4 is 0 Å². The minimum Gasteiger partial charge on any atom is -0.481 e. The Balaban J connectivity index is 1.81. The number of carboxylic acid groups (broad SMARTS) is 1. The van der Waals surface area contributed by atoms with Gasteiger partial charge in [0.1, 0.15) is 5.82 Å². The molecule has 2 aromatic heterocycles. The van der Waals surface area contributed by atoms with Crippen LogP contribution in [-0.4, -0.2) is 39.6 Å². The van der Waals surface area contributed by atoms with Gasteiger partial charge in [0.2, 0.25) is 0 Å². The van der Waals surface area contributed by atoms with Gasteiger partial charge in [-0.05, 0) is 73.6 Å². The molecule has 1 saturated carbocycles. The van der Waals surface area contributed by atoms with E-state index in [-0.39, 0.29) is 23.1 Å². The van der Waals surface area contributed by atoms with Gasteiger partial charge in [-0.3, -0.25) is 9.89 Å². The van der Waals surface area contributed by atoms with Gasteiger partial charge in [-0.1, -0.05) is 13.8 Å². The van der Waals surface area contributed by atoms with E-state index in [2.05, 4.69) is 40.7 Å². The van der Waals surface area contributed by atoms with Crippen LogP contribution in [0, 0.1) is 11.7 Å². The first-order valence-corrected chi connectivity index (χ1v) is 11.8. The molecule has 4 aromatic rings. The van der Waals surface area contributed by atoms with Gasteiger partial charge < -0.3 is 14.4 Å². The van der Waals surface area contributed by atoms with Crippen molar-refractivity contribution in [1.82, 2.24) is 14.8 Å². The monoisotopic (exact) mass is 463 g/mol. The van der Waals surface area contributed by atoms with E-state index >= 15 is 0 Å². The van der Waals surface area contributed by atoms with Gasteiger partial charge in [-0.15, -0.1) is 0 Å². The summed E-state index contributed by atoms with van der Waals surface area (Å²) in [6.07, 6.45) is 4.78. The first kappa shape index (κ1) is 22.6. The van der Waals surface area contributed by atoms with E-state index in [1.54, 1.807) is 7.11 Å². The van der Waals surface area contributed by atoms with E-state index in [1.165, 1.54) is 17.7 Å². The van der Waals surface area contributed by atoms with Crippen molar-refractivity contribution in [1.29, 1.82) is 0 Å². The number of rotatable bonds is 6. The van der Waals surface area contributed by atoms with Gasteiger partial charge in [-0.25, -0.2) is 4.39 Å². The second-order valence-corrected chi connectivity index (χ2v) is 10.1. The molecule has 0 unspecified atom stereocenters. The number of carboxylic acids is 1. The third kappa shape index (κ3) is 3.78. The number of methoxy groups -OCH3 is 1. The fraction of sp³-hybridized carbons (Fsp3) is 0.407. The number of hydrogen-bond donors (Lipinski definition) is 2. The summed E-state index contributed by atoms with van der Waals surface area (Å²) in [4.78, 5) is 11.6. The molecule has 1 aliphatic rings. The maximum absolute atomic E-state index is 13.8. The third-order valence-corrected chi connectivity index (χ3v) is 7.28. The normalized spacial score (nSPS) is 19.2. The summed E-state index contributed by atoms with van der Waals surface area (Å²) in [5.74, 6) is -1.03. The number of aliphatic carboxylic acids is 1. The Morgan fingerprint density at radius 2 is 1.91 bits per heavy atom. The molecular weight excluding hydrogens is 433 g/mol. The van der Waals surface area contributed by atoms with Crippen molar-refractivity contribution >= 4 is 27.8 Å². The number of fused-ring (bicyclic) bond motifs is 2. The predicted octanol–water partition coefficient (Wildman–Crippen LogP) is 5.93. The molecule has 0 spiro atoms. The number of benzene rings is 2. The Hall–Kier alpha value is -3.19. The number of aromatic nitrogens is 3. The molecule has 1 aliphatic carbocycles. The average Bonchev–Trinajstić information content (AvgIpc) is 3.40. The SMILES string of the molecule is COCC(C)(C)c1c([C@H]2CC[C@H](C(=O)O)CC2)c2cc3[nH]ncc3cc2n1-c1ccc(F)cc1. The summed E-state index contributed by atoms with van der Waals surface area (Å²) in [5.41, 5.74) is 4.92. The van der Waals surface area contributed by atoms with Gasteiger partial charge in [0.15, 0.2) is 0 Å². The molecule has 2 N–H and O–H groups in total. The molecule has 6 nitrogen and oxygen atoms in total. The van der Waals surface area contributed by atoms with Crippen LogP contribution in [0.4, 0.5) is 4.39 Å². The Morgan fingerprint density at radius 3 is 2.56 bits per heavy atom. The molecule has 2 heterocycles. The molecule has 0 amide bonds. The molecule has 0 radical (unpaired) electrons. The lowest BCUT2D eigenvalue weighted by atomic mass is 9.75. The number of nitrogens with zero attached hydrogens (tertiary/aromatic N) is 2. The summed E-state index contributed by atoms with van der Waals surface area (Å²) in [5, 5.41) is 19.0. The highest BCUT2D eigenvalue weighted by molar-refractivity contribution is 5.99. The molecule has 5 rings (SSSR count). The quantitative estimate of drug-likeness (QED) is 0.371. The summed E-state index contributed by atoms with van der Waals surface area (Å²) in [6, 6.07) is 10.9. The molecule has 7 heteroatoms. The van der Waals surface area contributed by atoms with Crippen molar-refractivity contribution in [3.05, 3.63) is 59.7 Å². The molecular formula is C27H30FN3O3. The van der Waals surface area contributed by atoms with Crippen molar-refractivity contribution in [3.63, 3.8) is 0 Å². The van der Waals surface area contributed by atoms with Crippen LogP contribution in [0.25, 0.3) is 27.5 Å². The van der Waals surface area contributed by atoms with E-state index in [0.29, 0.717) is 19.4 Å². The van der Waals surface area contributed by atoms with Crippen molar-refractivity contribution < 1.29 is 19.0 Å². The maximum Gasteiger partial charge on any atom is 0.306 e. The Labute approximate surface area is 197 Å². The fourth-order valence-corrected chi connectivity index (χ4v) is 5.75. The number of carbonyl (C=O) groups is 1. The first-order chi connectivity index (χ1) is 16.3. The number of H-pyrrole nitrogens is 1. The number of hydrogen-bond acceptors (Lipinski definition) is 3. The minimum atomic E-state index is -0.703. The number of halogens is 1. The maximum atomic E-state index is 13.8. The van der Waals surface area contributed by atoms with E-state index in [4.69, 9.17) is 4.74 Å². The van der Waals surface area contributed by atoms with E-state index < -0.39 is 5.97 Å². The average molecular weight is 464 g/mol. The van der Waals surface area contributed by atoms with E-state index in [9.17, 15) is 14.3 Å². The number of aromatic amines is 1. The highest BCUT2D eigenvalue weighted by Gasteiger charge is 2.36. The highest BCUT2D eigenvalue weighted by atomic mass is 19.1. The minimum absolute atomic E-state index is 0.228. The lowest BCUT2D eigenvalue weighted by molar-refractivity contribution is -0.142. The van der Waals surface area contributed by atoms with Gasteiger partial charge in [0.05, 0.1) is 29.8 Å². The Bertz CT molecular complexity index is 1350. The third-order valence-electron chi connectivity index (χ3n) is 7.28. The van der Waals surface area contributed by atoms with Crippen LogP contribution in [0.2, 0.25) is 0 Å². The molecule has 0 aliphatic heterocycles. The molecule has 1 fully saturated rings. The van der Waals surface area contributed by atoms with E-state index in [1.807, 2.05) is 18.3 Å². The zero-order valence-electron chi connectivity index (χ0n) is 19.8. The molecule has 0 saturated heterocycles. The standard InChI is InChI=1S/C27H30FN3O3/c1-27(2,15-34-3)25-24(16-4-6-17(7-5-16)26(32)33)21-13-22-18(14-29-30-22)12-23(21)31(25)20-10-8-19(28)9-11-20/h8-14,16-17H,4-7,15H2,1-3H3,(H,29,30)(H,32,33)/t16-,17-.